The Morgan fingerprint density at radius 2 is 2.00 bits per heavy atom. The van der Waals surface area contributed by atoms with Crippen molar-refractivity contribution in [1.29, 1.82) is 0 Å². The molecule has 2 heteroatoms. The molecule has 1 aliphatic rings. The van der Waals surface area contributed by atoms with Gasteiger partial charge in [0, 0.05) is 17.0 Å². The average Bonchev–Trinajstić information content (AvgIpc) is 2.66. The van der Waals surface area contributed by atoms with Gasteiger partial charge in [0.05, 0.1) is 0 Å². The zero-order chi connectivity index (χ0) is 11.5. The van der Waals surface area contributed by atoms with E-state index in [9.17, 15) is 0 Å². The van der Waals surface area contributed by atoms with Crippen LogP contribution in [0.5, 0.6) is 0 Å². The van der Waals surface area contributed by atoms with Crippen molar-refractivity contribution < 1.29 is 0 Å². The Morgan fingerprint density at radius 1 is 1.31 bits per heavy atom. The smallest absolute Gasteiger partial charge is 0.0406 e. The highest BCUT2D eigenvalue weighted by atomic mass is 35.5. The highest BCUT2D eigenvalue weighted by Gasteiger charge is 2.28. The van der Waals surface area contributed by atoms with Crippen LogP contribution in [0, 0.1) is 5.92 Å². The minimum Gasteiger partial charge on any atom is -0.313 e. The van der Waals surface area contributed by atoms with Gasteiger partial charge in [-0.2, -0.15) is 0 Å². The second-order valence-corrected chi connectivity index (χ2v) is 5.57. The topological polar surface area (TPSA) is 12.0 Å². The predicted octanol–water partition coefficient (Wildman–Crippen LogP) is 3.83. The van der Waals surface area contributed by atoms with E-state index in [1.165, 1.54) is 18.4 Å². The van der Waals surface area contributed by atoms with E-state index in [-0.39, 0.29) is 0 Å². The third kappa shape index (κ3) is 2.78. The number of halogens is 1. The van der Waals surface area contributed by atoms with Gasteiger partial charge in [-0.1, -0.05) is 37.6 Å². The largest absolute Gasteiger partial charge is 0.313 e. The molecule has 1 aromatic carbocycles. The Morgan fingerprint density at radius 3 is 2.62 bits per heavy atom. The zero-order valence-corrected chi connectivity index (χ0v) is 10.8. The summed E-state index contributed by atoms with van der Waals surface area (Å²) in [6.07, 6.45) is 2.51. The minimum absolute atomic E-state index is 0.640. The molecule has 0 aromatic heterocycles. The standard InChI is InChI=1S/C14H20ClN/c1-10(2)9-14-13(7-8-16-14)11-3-5-12(15)6-4-11/h3-6,10,13-14,16H,7-9H2,1-2H3. The fourth-order valence-corrected chi connectivity index (χ4v) is 2.76. The summed E-state index contributed by atoms with van der Waals surface area (Å²) in [4.78, 5) is 0. The van der Waals surface area contributed by atoms with Gasteiger partial charge in [0.1, 0.15) is 0 Å². The van der Waals surface area contributed by atoms with Gasteiger partial charge in [0.15, 0.2) is 0 Å². The summed E-state index contributed by atoms with van der Waals surface area (Å²) in [7, 11) is 0. The number of hydrogen-bond donors (Lipinski definition) is 1. The van der Waals surface area contributed by atoms with Crippen LogP contribution in [0.25, 0.3) is 0 Å². The van der Waals surface area contributed by atoms with Crippen molar-refractivity contribution in [3.8, 4) is 0 Å². The molecular weight excluding hydrogens is 218 g/mol. The summed E-state index contributed by atoms with van der Waals surface area (Å²) in [5, 5.41) is 4.45. The average molecular weight is 238 g/mol. The second kappa shape index (κ2) is 5.20. The van der Waals surface area contributed by atoms with E-state index in [1.54, 1.807) is 0 Å². The maximum Gasteiger partial charge on any atom is 0.0406 e. The lowest BCUT2D eigenvalue weighted by Gasteiger charge is -2.21. The lowest BCUT2D eigenvalue weighted by atomic mass is 9.87. The summed E-state index contributed by atoms with van der Waals surface area (Å²) < 4.78 is 0. The van der Waals surface area contributed by atoms with Crippen LogP contribution in [-0.2, 0) is 0 Å². The molecule has 0 amide bonds. The van der Waals surface area contributed by atoms with E-state index in [1.807, 2.05) is 12.1 Å². The predicted molar refractivity (Wildman–Crippen MR) is 70.1 cm³/mol. The zero-order valence-electron chi connectivity index (χ0n) is 10.0. The van der Waals surface area contributed by atoms with Gasteiger partial charge in [-0.05, 0) is 43.0 Å². The summed E-state index contributed by atoms with van der Waals surface area (Å²) in [5.41, 5.74) is 1.43. The number of nitrogens with one attached hydrogen (secondary N) is 1. The van der Waals surface area contributed by atoms with Crippen molar-refractivity contribution in [3.05, 3.63) is 34.9 Å². The SMILES string of the molecule is CC(C)CC1NCCC1c1ccc(Cl)cc1. The van der Waals surface area contributed by atoms with Gasteiger partial charge < -0.3 is 5.32 Å². The highest BCUT2D eigenvalue weighted by Crippen LogP contribution is 2.31. The molecule has 1 nitrogen and oxygen atoms in total. The van der Waals surface area contributed by atoms with Crippen molar-refractivity contribution in [2.45, 2.75) is 38.6 Å². The Bertz CT molecular complexity index is 331. The molecule has 2 atom stereocenters. The third-order valence-electron chi connectivity index (χ3n) is 3.37. The van der Waals surface area contributed by atoms with Crippen molar-refractivity contribution in [1.82, 2.24) is 5.32 Å². The Kier molecular flexibility index (Phi) is 3.88. The van der Waals surface area contributed by atoms with Crippen LogP contribution >= 0.6 is 11.6 Å². The quantitative estimate of drug-likeness (QED) is 0.843. The van der Waals surface area contributed by atoms with Crippen molar-refractivity contribution >= 4 is 11.6 Å². The van der Waals surface area contributed by atoms with Gasteiger partial charge in [-0.15, -0.1) is 0 Å². The maximum absolute atomic E-state index is 5.92. The molecule has 1 fully saturated rings. The number of rotatable bonds is 3. The van der Waals surface area contributed by atoms with Crippen molar-refractivity contribution in [2.75, 3.05) is 6.54 Å². The monoisotopic (exact) mass is 237 g/mol. The van der Waals surface area contributed by atoms with Crippen LogP contribution in [0.4, 0.5) is 0 Å². The molecule has 0 saturated carbocycles. The fraction of sp³-hybridized carbons (Fsp3) is 0.571. The van der Waals surface area contributed by atoms with E-state index < -0.39 is 0 Å². The molecule has 1 heterocycles. The molecule has 0 aliphatic carbocycles. The molecule has 88 valence electrons. The minimum atomic E-state index is 0.640. The first kappa shape index (κ1) is 11.9. The first-order valence-electron chi connectivity index (χ1n) is 6.15. The molecular formula is C14H20ClN. The van der Waals surface area contributed by atoms with E-state index in [0.717, 1.165) is 17.5 Å². The van der Waals surface area contributed by atoms with Gasteiger partial charge in [-0.3, -0.25) is 0 Å². The van der Waals surface area contributed by atoms with E-state index in [0.29, 0.717) is 12.0 Å². The molecule has 1 aliphatic heterocycles. The summed E-state index contributed by atoms with van der Waals surface area (Å²) >= 11 is 5.92. The van der Waals surface area contributed by atoms with Gasteiger partial charge >= 0.3 is 0 Å². The summed E-state index contributed by atoms with van der Waals surface area (Å²) in [6.45, 7) is 5.72. The molecule has 0 bridgehead atoms. The van der Waals surface area contributed by atoms with Crippen LogP contribution in [-0.4, -0.2) is 12.6 Å². The molecule has 2 rings (SSSR count). The van der Waals surface area contributed by atoms with E-state index in [2.05, 4.69) is 31.3 Å². The Hall–Kier alpha value is -0.530. The second-order valence-electron chi connectivity index (χ2n) is 5.14. The summed E-state index contributed by atoms with van der Waals surface area (Å²) in [5.74, 6) is 1.42. The van der Waals surface area contributed by atoms with E-state index in [4.69, 9.17) is 11.6 Å². The first-order valence-corrected chi connectivity index (χ1v) is 6.53. The molecule has 0 spiro atoms. The Balaban J connectivity index is 2.10. The number of hydrogen-bond acceptors (Lipinski definition) is 1. The molecule has 1 N–H and O–H groups in total. The molecule has 1 aromatic rings. The van der Waals surface area contributed by atoms with Gasteiger partial charge in [0.2, 0.25) is 0 Å². The molecule has 2 unspecified atom stereocenters. The molecule has 16 heavy (non-hydrogen) atoms. The first-order chi connectivity index (χ1) is 7.66. The van der Waals surface area contributed by atoms with Crippen LogP contribution in [0.15, 0.2) is 24.3 Å². The van der Waals surface area contributed by atoms with E-state index >= 15 is 0 Å². The van der Waals surface area contributed by atoms with Crippen molar-refractivity contribution in [3.63, 3.8) is 0 Å². The highest BCUT2D eigenvalue weighted by molar-refractivity contribution is 6.30. The summed E-state index contributed by atoms with van der Waals surface area (Å²) in [6, 6.07) is 8.99. The lowest BCUT2D eigenvalue weighted by molar-refractivity contribution is 0.434. The molecule has 1 saturated heterocycles. The Labute approximate surface area is 103 Å². The normalized spacial score (nSPS) is 25.2. The maximum atomic E-state index is 5.92. The van der Waals surface area contributed by atoms with Crippen LogP contribution < -0.4 is 5.32 Å². The number of benzene rings is 1. The van der Waals surface area contributed by atoms with Crippen molar-refractivity contribution in [2.24, 2.45) is 5.92 Å². The van der Waals surface area contributed by atoms with Gasteiger partial charge in [-0.25, -0.2) is 0 Å². The fourth-order valence-electron chi connectivity index (χ4n) is 2.63. The van der Waals surface area contributed by atoms with Crippen LogP contribution in [0.2, 0.25) is 5.02 Å². The third-order valence-corrected chi connectivity index (χ3v) is 3.62. The van der Waals surface area contributed by atoms with Gasteiger partial charge in [0.25, 0.3) is 0 Å². The van der Waals surface area contributed by atoms with Crippen LogP contribution in [0.1, 0.15) is 38.2 Å². The van der Waals surface area contributed by atoms with Crippen LogP contribution in [0.3, 0.4) is 0 Å². The molecule has 0 radical (unpaired) electrons. The lowest BCUT2D eigenvalue weighted by Crippen LogP contribution is -2.27.